The summed E-state index contributed by atoms with van der Waals surface area (Å²) in [5.41, 5.74) is 0. The number of hydrogen-bond acceptors (Lipinski definition) is 4. The van der Waals surface area contributed by atoms with E-state index in [0.717, 1.165) is 11.0 Å². The molecule has 0 aromatic carbocycles. The molecule has 0 saturated heterocycles. The van der Waals surface area contributed by atoms with E-state index in [-0.39, 0.29) is 6.61 Å². The maximum absolute atomic E-state index is 13.2. The molecule has 0 atom stereocenters. The highest BCUT2D eigenvalue weighted by atomic mass is 19.3. The summed E-state index contributed by atoms with van der Waals surface area (Å²) >= 11 is 0. The van der Waals surface area contributed by atoms with Gasteiger partial charge in [-0.3, -0.25) is 0 Å². The van der Waals surface area contributed by atoms with Crippen LogP contribution in [0.5, 0.6) is 0 Å². The van der Waals surface area contributed by atoms with E-state index in [1.54, 1.807) is 0 Å². The second-order valence-corrected chi connectivity index (χ2v) is 2.50. The molecule has 0 aliphatic rings. The molecule has 1 rings (SSSR count). The summed E-state index contributed by atoms with van der Waals surface area (Å²) in [6.45, 7) is 1.34. The first-order valence-corrected chi connectivity index (χ1v) is 3.89. The van der Waals surface area contributed by atoms with Crippen molar-refractivity contribution in [2.75, 3.05) is 6.61 Å². The van der Waals surface area contributed by atoms with Crippen molar-refractivity contribution in [1.82, 2.24) is 14.8 Å². The first-order chi connectivity index (χ1) is 6.50. The number of carbonyl (C=O) groups excluding carboxylic acids is 1. The Hall–Kier alpha value is -1.53. The standard InChI is InChI=1S/C7H9F2N3O2/c1-3-14-6(13)7(8,9)5-10-4-11-12(5)2/h4H,3H2,1-2H3. The maximum atomic E-state index is 13.2. The molecule has 5 nitrogen and oxygen atoms in total. The van der Waals surface area contributed by atoms with Crippen LogP contribution in [0, 0.1) is 0 Å². The molecule has 0 spiro atoms. The average molecular weight is 205 g/mol. The van der Waals surface area contributed by atoms with Crippen LogP contribution in [-0.2, 0) is 22.5 Å². The van der Waals surface area contributed by atoms with Gasteiger partial charge in [0.1, 0.15) is 6.33 Å². The van der Waals surface area contributed by atoms with E-state index >= 15 is 0 Å². The number of aromatic nitrogens is 3. The largest absolute Gasteiger partial charge is 0.461 e. The Kier molecular flexibility index (Phi) is 2.78. The van der Waals surface area contributed by atoms with Crippen molar-refractivity contribution in [3.05, 3.63) is 12.2 Å². The van der Waals surface area contributed by atoms with Crippen LogP contribution in [0.4, 0.5) is 8.78 Å². The Labute approximate surface area is 78.7 Å². The van der Waals surface area contributed by atoms with E-state index in [9.17, 15) is 13.6 Å². The van der Waals surface area contributed by atoms with Crippen LogP contribution in [0.25, 0.3) is 0 Å². The van der Waals surface area contributed by atoms with Crippen molar-refractivity contribution in [2.24, 2.45) is 7.05 Å². The first-order valence-electron chi connectivity index (χ1n) is 3.89. The molecule has 1 heterocycles. The highest BCUT2D eigenvalue weighted by Crippen LogP contribution is 2.26. The van der Waals surface area contributed by atoms with Gasteiger partial charge in [0, 0.05) is 7.05 Å². The fourth-order valence-electron chi connectivity index (χ4n) is 0.894. The molecule has 7 heteroatoms. The molecule has 0 amide bonds. The zero-order valence-electron chi connectivity index (χ0n) is 7.70. The number of hydrogen-bond donors (Lipinski definition) is 0. The summed E-state index contributed by atoms with van der Waals surface area (Å²) < 4.78 is 31.5. The molecular formula is C7H9F2N3O2. The summed E-state index contributed by atoms with van der Waals surface area (Å²) in [5.74, 6) is -6.09. The van der Waals surface area contributed by atoms with E-state index in [0.29, 0.717) is 0 Å². The number of nitrogens with zero attached hydrogens (tertiary/aromatic N) is 3. The van der Waals surface area contributed by atoms with Gasteiger partial charge in [0.05, 0.1) is 6.61 Å². The van der Waals surface area contributed by atoms with Crippen LogP contribution in [0.15, 0.2) is 6.33 Å². The lowest BCUT2D eigenvalue weighted by atomic mass is 10.3. The van der Waals surface area contributed by atoms with Crippen LogP contribution in [-0.4, -0.2) is 27.3 Å². The van der Waals surface area contributed by atoms with Gasteiger partial charge in [0.2, 0.25) is 5.82 Å². The minimum absolute atomic E-state index is 0.105. The SMILES string of the molecule is CCOC(=O)C(F)(F)c1ncnn1C. The maximum Gasteiger partial charge on any atom is 0.400 e. The lowest BCUT2D eigenvalue weighted by Gasteiger charge is -2.12. The van der Waals surface area contributed by atoms with Crippen molar-refractivity contribution in [2.45, 2.75) is 12.8 Å². The fourth-order valence-corrected chi connectivity index (χ4v) is 0.894. The Morgan fingerprint density at radius 2 is 2.36 bits per heavy atom. The van der Waals surface area contributed by atoms with Crippen LogP contribution in [0.1, 0.15) is 12.7 Å². The van der Waals surface area contributed by atoms with Gasteiger partial charge in [-0.25, -0.2) is 14.5 Å². The third kappa shape index (κ3) is 1.70. The summed E-state index contributed by atoms with van der Waals surface area (Å²) in [4.78, 5) is 14.2. The number of aryl methyl sites for hydroxylation is 1. The number of rotatable bonds is 3. The molecule has 0 N–H and O–H groups in total. The molecule has 1 aromatic rings. The predicted octanol–water partition coefficient (Wildman–Crippen LogP) is 0.470. The van der Waals surface area contributed by atoms with Crippen molar-refractivity contribution in [1.29, 1.82) is 0 Å². The normalized spacial score (nSPS) is 11.4. The molecule has 0 saturated carbocycles. The van der Waals surface area contributed by atoms with Crippen LogP contribution in [0.3, 0.4) is 0 Å². The molecule has 0 fully saturated rings. The lowest BCUT2D eigenvalue weighted by molar-refractivity contribution is -0.174. The zero-order valence-corrected chi connectivity index (χ0v) is 7.70. The second kappa shape index (κ2) is 3.69. The molecule has 78 valence electrons. The van der Waals surface area contributed by atoms with Gasteiger partial charge < -0.3 is 4.74 Å². The Morgan fingerprint density at radius 1 is 1.71 bits per heavy atom. The van der Waals surface area contributed by atoms with Gasteiger partial charge in [-0.05, 0) is 6.92 Å². The molecule has 0 aliphatic carbocycles. The molecule has 0 aliphatic heterocycles. The molecule has 1 aromatic heterocycles. The highest BCUT2D eigenvalue weighted by Gasteiger charge is 2.46. The third-order valence-corrected chi connectivity index (χ3v) is 1.52. The van der Waals surface area contributed by atoms with Gasteiger partial charge in [-0.15, -0.1) is 0 Å². The minimum atomic E-state index is -3.75. The van der Waals surface area contributed by atoms with E-state index in [2.05, 4.69) is 14.8 Å². The minimum Gasteiger partial charge on any atom is -0.461 e. The van der Waals surface area contributed by atoms with E-state index in [1.165, 1.54) is 14.0 Å². The quantitative estimate of drug-likeness (QED) is 0.673. The van der Waals surface area contributed by atoms with E-state index < -0.39 is 17.7 Å². The summed E-state index contributed by atoms with van der Waals surface area (Å²) in [7, 11) is 1.27. The van der Waals surface area contributed by atoms with E-state index in [4.69, 9.17) is 0 Å². The Bertz CT molecular complexity index is 337. The summed E-state index contributed by atoms with van der Waals surface area (Å²) in [5, 5.41) is 3.44. The second-order valence-electron chi connectivity index (χ2n) is 2.50. The molecule has 0 bridgehead atoms. The van der Waals surface area contributed by atoms with Crippen molar-refractivity contribution < 1.29 is 18.3 Å². The van der Waals surface area contributed by atoms with Crippen molar-refractivity contribution >= 4 is 5.97 Å². The van der Waals surface area contributed by atoms with Crippen molar-refractivity contribution in [3.63, 3.8) is 0 Å². The van der Waals surface area contributed by atoms with Crippen LogP contribution >= 0.6 is 0 Å². The van der Waals surface area contributed by atoms with Crippen molar-refractivity contribution in [3.8, 4) is 0 Å². The monoisotopic (exact) mass is 205 g/mol. The Morgan fingerprint density at radius 3 is 2.79 bits per heavy atom. The van der Waals surface area contributed by atoms with Crippen LogP contribution < -0.4 is 0 Å². The number of carbonyl (C=O) groups is 1. The first kappa shape index (κ1) is 10.6. The lowest BCUT2D eigenvalue weighted by Crippen LogP contribution is -2.31. The summed E-state index contributed by atoms with van der Waals surface area (Å²) in [6, 6.07) is 0. The van der Waals surface area contributed by atoms with Crippen LogP contribution in [0.2, 0.25) is 0 Å². The predicted molar refractivity (Wildman–Crippen MR) is 41.5 cm³/mol. The van der Waals surface area contributed by atoms with Gasteiger partial charge >= 0.3 is 11.9 Å². The molecule has 14 heavy (non-hydrogen) atoms. The number of alkyl halides is 2. The number of esters is 1. The Balaban J connectivity index is 2.95. The van der Waals surface area contributed by atoms with Gasteiger partial charge in [0.15, 0.2) is 0 Å². The fraction of sp³-hybridized carbons (Fsp3) is 0.571. The summed E-state index contributed by atoms with van der Waals surface area (Å²) in [6.07, 6.45) is 0.947. The number of halogens is 2. The zero-order chi connectivity index (χ0) is 10.8. The van der Waals surface area contributed by atoms with Gasteiger partial charge in [-0.2, -0.15) is 13.9 Å². The number of ether oxygens (including phenoxy) is 1. The third-order valence-electron chi connectivity index (χ3n) is 1.52. The van der Waals surface area contributed by atoms with Gasteiger partial charge in [0.25, 0.3) is 0 Å². The molecule has 0 unspecified atom stereocenters. The molecule has 0 radical (unpaired) electrons. The smallest absolute Gasteiger partial charge is 0.400 e. The van der Waals surface area contributed by atoms with Gasteiger partial charge in [-0.1, -0.05) is 0 Å². The van der Waals surface area contributed by atoms with E-state index in [1.807, 2.05) is 0 Å². The molecular weight excluding hydrogens is 196 g/mol. The topological polar surface area (TPSA) is 57.0 Å². The average Bonchev–Trinajstić information content (AvgIpc) is 2.52. The highest BCUT2D eigenvalue weighted by molar-refractivity contribution is 5.78.